The van der Waals surface area contributed by atoms with Crippen molar-refractivity contribution >= 4 is 9.84 Å². The molecule has 21 heavy (non-hydrogen) atoms. The second kappa shape index (κ2) is 8.49. The molecular weight excluding hydrogens is 284 g/mol. The van der Waals surface area contributed by atoms with Gasteiger partial charge in [0.15, 0.2) is 9.84 Å². The number of hydrogen-bond donors (Lipinski definition) is 1. The van der Waals surface area contributed by atoms with Gasteiger partial charge in [0.2, 0.25) is 0 Å². The Kier molecular flexibility index (Phi) is 7.65. The van der Waals surface area contributed by atoms with Gasteiger partial charge in [0.1, 0.15) is 0 Å². The van der Waals surface area contributed by atoms with Crippen molar-refractivity contribution in [1.82, 2.24) is 10.2 Å². The van der Waals surface area contributed by atoms with Crippen LogP contribution in [-0.2, 0) is 9.84 Å². The molecule has 0 spiro atoms. The highest BCUT2D eigenvalue weighted by Gasteiger charge is 2.32. The minimum atomic E-state index is -2.89. The molecule has 1 aliphatic heterocycles. The minimum Gasteiger partial charge on any atom is -0.311 e. The van der Waals surface area contributed by atoms with Gasteiger partial charge in [0, 0.05) is 37.5 Å². The van der Waals surface area contributed by atoms with Gasteiger partial charge in [0.25, 0.3) is 0 Å². The van der Waals surface area contributed by atoms with Crippen LogP contribution in [-0.4, -0.2) is 56.5 Å². The van der Waals surface area contributed by atoms with E-state index in [-0.39, 0.29) is 0 Å². The molecule has 1 aliphatic rings. The van der Waals surface area contributed by atoms with Crippen molar-refractivity contribution in [1.29, 1.82) is 0 Å². The predicted molar refractivity (Wildman–Crippen MR) is 90.4 cm³/mol. The van der Waals surface area contributed by atoms with Crippen LogP contribution in [0.1, 0.15) is 47.5 Å². The number of sulfone groups is 1. The second-order valence-corrected chi connectivity index (χ2v) is 9.16. The molecule has 3 unspecified atom stereocenters. The highest BCUT2D eigenvalue weighted by atomic mass is 32.2. The zero-order valence-corrected chi connectivity index (χ0v) is 15.2. The van der Waals surface area contributed by atoms with Crippen molar-refractivity contribution in [3.05, 3.63) is 0 Å². The summed E-state index contributed by atoms with van der Waals surface area (Å²) in [7, 11) is -2.89. The van der Waals surface area contributed by atoms with Crippen molar-refractivity contribution in [3.8, 4) is 0 Å². The van der Waals surface area contributed by atoms with Gasteiger partial charge in [-0.2, -0.15) is 0 Å². The first-order valence-corrected chi connectivity index (χ1v) is 10.3. The summed E-state index contributed by atoms with van der Waals surface area (Å²) in [6, 6.07) is 0.931. The highest BCUT2D eigenvalue weighted by Crippen LogP contribution is 2.20. The van der Waals surface area contributed by atoms with Crippen LogP contribution in [0.25, 0.3) is 0 Å². The Hall–Kier alpha value is -0.130. The first kappa shape index (κ1) is 18.9. The zero-order chi connectivity index (χ0) is 16.0. The molecule has 0 amide bonds. The van der Waals surface area contributed by atoms with Gasteiger partial charge < -0.3 is 5.32 Å². The Bertz CT molecular complexity index is 395. The van der Waals surface area contributed by atoms with Gasteiger partial charge >= 0.3 is 0 Å². The molecule has 1 heterocycles. The monoisotopic (exact) mass is 318 g/mol. The molecule has 0 aromatic rings. The molecule has 3 atom stereocenters. The van der Waals surface area contributed by atoms with Gasteiger partial charge in [-0.15, -0.1) is 0 Å². The molecule has 4 nitrogen and oxygen atoms in total. The lowest BCUT2D eigenvalue weighted by atomic mass is 9.92. The lowest BCUT2D eigenvalue weighted by Gasteiger charge is -2.44. The number of piperazine rings is 1. The maximum Gasteiger partial charge on any atom is 0.151 e. The smallest absolute Gasteiger partial charge is 0.151 e. The molecule has 1 fully saturated rings. The van der Waals surface area contributed by atoms with E-state index in [0.29, 0.717) is 48.4 Å². The molecular formula is C16H34N2O2S. The van der Waals surface area contributed by atoms with Crippen molar-refractivity contribution < 1.29 is 8.42 Å². The van der Waals surface area contributed by atoms with Crippen LogP contribution >= 0.6 is 0 Å². The lowest BCUT2D eigenvalue weighted by Crippen LogP contribution is -2.60. The van der Waals surface area contributed by atoms with Gasteiger partial charge in [-0.1, -0.05) is 41.0 Å². The van der Waals surface area contributed by atoms with Gasteiger partial charge in [-0.25, -0.2) is 8.42 Å². The Balaban J connectivity index is 2.67. The van der Waals surface area contributed by atoms with E-state index < -0.39 is 9.84 Å². The Morgan fingerprint density at radius 2 is 1.86 bits per heavy atom. The third kappa shape index (κ3) is 5.87. The first-order chi connectivity index (χ1) is 9.80. The van der Waals surface area contributed by atoms with E-state index in [0.717, 1.165) is 19.5 Å². The number of hydrogen-bond acceptors (Lipinski definition) is 4. The maximum absolute atomic E-state index is 12.0. The van der Waals surface area contributed by atoms with Crippen molar-refractivity contribution in [2.24, 2.45) is 11.8 Å². The molecule has 1 rings (SSSR count). The summed E-state index contributed by atoms with van der Waals surface area (Å²) < 4.78 is 24.0. The Labute approximate surface area is 131 Å². The minimum absolute atomic E-state index is 0.303. The fraction of sp³-hybridized carbons (Fsp3) is 1.00. The SMILES string of the molecule is CCCS(=O)(=O)CCN1CC(C(C)CC)NCC1C(C)C. The van der Waals surface area contributed by atoms with E-state index in [4.69, 9.17) is 0 Å². The molecule has 0 aromatic carbocycles. The van der Waals surface area contributed by atoms with Crippen LogP contribution in [0.2, 0.25) is 0 Å². The molecule has 5 heteroatoms. The molecule has 0 radical (unpaired) electrons. The van der Waals surface area contributed by atoms with Crippen molar-refractivity contribution in [3.63, 3.8) is 0 Å². The normalized spacial score (nSPS) is 26.2. The number of nitrogens with zero attached hydrogens (tertiary/aromatic N) is 1. The van der Waals surface area contributed by atoms with E-state index >= 15 is 0 Å². The maximum atomic E-state index is 12.0. The average Bonchev–Trinajstić information content (AvgIpc) is 2.43. The third-order valence-electron chi connectivity index (χ3n) is 4.79. The summed E-state index contributed by atoms with van der Waals surface area (Å²) in [5, 5.41) is 3.66. The van der Waals surface area contributed by atoms with Crippen LogP contribution in [0.5, 0.6) is 0 Å². The molecule has 0 aliphatic carbocycles. The molecule has 1 saturated heterocycles. The van der Waals surface area contributed by atoms with Crippen LogP contribution in [0.4, 0.5) is 0 Å². The summed E-state index contributed by atoms with van der Waals surface area (Å²) in [6.45, 7) is 13.5. The molecule has 0 aromatic heterocycles. The van der Waals surface area contributed by atoms with E-state index in [1.54, 1.807) is 0 Å². The molecule has 126 valence electrons. The molecule has 0 saturated carbocycles. The lowest BCUT2D eigenvalue weighted by molar-refractivity contribution is 0.0880. The highest BCUT2D eigenvalue weighted by molar-refractivity contribution is 7.91. The largest absolute Gasteiger partial charge is 0.311 e. The van der Waals surface area contributed by atoms with E-state index in [1.165, 1.54) is 0 Å². The fourth-order valence-electron chi connectivity index (χ4n) is 3.10. The molecule has 1 N–H and O–H groups in total. The first-order valence-electron chi connectivity index (χ1n) is 8.48. The summed E-state index contributed by atoms with van der Waals surface area (Å²) in [4.78, 5) is 2.41. The van der Waals surface area contributed by atoms with Gasteiger partial charge in [-0.05, 0) is 18.3 Å². The van der Waals surface area contributed by atoms with Crippen LogP contribution < -0.4 is 5.32 Å². The van der Waals surface area contributed by atoms with E-state index in [9.17, 15) is 8.42 Å². The Morgan fingerprint density at radius 1 is 1.19 bits per heavy atom. The topological polar surface area (TPSA) is 49.4 Å². The van der Waals surface area contributed by atoms with E-state index in [2.05, 4.69) is 37.9 Å². The summed E-state index contributed by atoms with van der Waals surface area (Å²) >= 11 is 0. The van der Waals surface area contributed by atoms with Crippen LogP contribution in [0.3, 0.4) is 0 Å². The van der Waals surface area contributed by atoms with Crippen molar-refractivity contribution in [2.45, 2.75) is 59.5 Å². The summed E-state index contributed by atoms with van der Waals surface area (Å²) in [5.41, 5.74) is 0. The number of rotatable bonds is 8. The van der Waals surface area contributed by atoms with Gasteiger partial charge in [-0.3, -0.25) is 4.90 Å². The number of nitrogens with one attached hydrogen (secondary N) is 1. The van der Waals surface area contributed by atoms with E-state index in [1.807, 2.05) is 6.92 Å². The average molecular weight is 319 g/mol. The summed E-state index contributed by atoms with van der Waals surface area (Å²) in [5.74, 6) is 1.80. The van der Waals surface area contributed by atoms with Crippen LogP contribution in [0, 0.1) is 11.8 Å². The Morgan fingerprint density at radius 3 is 2.38 bits per heavy atom. The van der Waals surface area contributed by atoms with Crippen molar-refractivity contribution in [2.75, 3.05) is 31.1 Å². The molecule has 0 bridgehead atoms. The zero-order valence-electron chi connectivity index (χ0n) is 14.4. The second-order valence-electron chi connectivity index (χ2n) is 6.86. The third-order valence-corrected chi connectivity index (χ3v) is 6.63. The van der Waals surface area contributed by atoms with Crippen LogP contribution in [0.15, 0.2) is 0 Å². The summed E-state index contributed by atoms with van der Waals surface area (Å²) in [6.07, 6.45) is 1.87. The standard InChI is InChI=1S/C16H34N2O2S/c1-6-9-21(19,20)10-8-18-12-15(14(5)7-2)17-11-16(18)13(3)4/h13-17H,6-12H2,1-5H3. The fourth-order valence-corrected chi connectivity index (χ4v) is 4.44. The predicted octanol–water partition coefficient (Wildman–Crippen LogP) is 2.16. The van der Waals surface area contributed by atoms with Gasteiger partial charge in [0.05, 0.1) is 5.75 Å². The quantitative estimate of drug-likeness (QED) is 0.745.